The number of nitrogens with one attached hydrogen (secondary N) is 1. The molecule has 0 bridgehead atoms. The summed E-state index contributed by atoms with van der Waals surface area (Å²) in [5, 5.41) is 2.99. The summed E-state index contributed by atoms with van der Waals surface area (Å²) in [5.41, 5.74) is 1.70. The molecular weight excluding hydrogens is 306 g/mol. The summed E-state index contributed by atoms with van der Waals surface area (Å²) >= 11 is 0. The highest BCUT2D eigenvalue weighted by atomic mass is 16.5. The lowest BCUT2D eigenvalue weighted by Crippen LogP contribution is -2.42. The van der Waals surface area contributed by atoms with Gasteiger partial charge in [0.25, 0.3) is 5.91 Å². The molecule has 24 heavy (non-hydrogen) atoms. The first-order valence-corrected chi connectivity index (χ1v) is 8.57. The van der Waals surface area contributed by atoms with Gasteiger partial charge in [0.15, 0.2) is 0 Å². The molecule has 130 valence electrons. The number of benzene rings is 1. The summed E-state index contributed by atoms with van der Waals surface area (Å²) in [6.45, 7) is 7.53. The zero-order valence-corrected chi connectivity index (χ0v) is 14.2. The smallest absolute Gasteiger partial charge is 0.251 e. The van der Waals surface area contributed by atoms with Crippen molar-refractivity contribution in [3.05, 3.63) is 35.4 Å². The van der Waals surface area contributed by atoms with Gasteiger partial charge in [0.05, 0.1) is 19.3 Å². The number of nitrogens with zero attached hydrogens (tertiary/aromatic N) is 2. The second-order valence-electron chi connectivity index (χ2n) is 6.54. The van der Waals surface area contributed by atoms with Crippen LogP contribution in [0.2, 0.25) is 0 Å². The number of carbonyl (C=O) groups is 2. The van der Waals surface area contributed by atoms with Crippen LogP contribution in [0.25, 0.3) is 0 Å². The number of hydrogen-bond donors (Lipinski definition) is 1. The van der Waals surface area contributed by atoms with Crippen molar-refractivity contribution in [2.75, 3.05) is 45.9 Å². The molecule has 1 atom stereocenters. The molecule has 6 heteroatoms. The number of likely N-dealkylation sites (tertiary alicyclic amines) is 1. The molecule has 0 radical (unpaired) electrons. The van der Waals surface area contributed by atoms with Crippen LogP contribution in [0, 0.1) is 6.92 Å². The average Bonchev–Trinajstić information content (AvgIpc) is 2.93. The standard InChI is InChI=1S/C18H25N3O3/c1-14-3-2-4-15(11-14)18(23)19-16-12-17(22)21(13-16)6-5-20-7-9-24-10-8-20/h2-4,11,16H,5-10,12-13H2,1H3,(H,19,23). The van der Waals surface area contributed by atoms with Gasteiger partial charge in [0.1, 0.15) is 0 Å². The summed E-state index contributed by atoms with van der Waals surface area (Å²) in [4.78, 5) is 28.6. The van der Waals surface area contributed by atoms with Gasteiger partial charge in [0, 0.05) is 44.7 Å². The van der Waals surface area contributed by atoms with Crippen molar-refractivity contribution in [3.8, 4) is 0 Å². The van der Waals surface area contributed by atoms with Crippen LogP contribution in [0.3, 0.4) is 0 Å². The number of ether oxygens (including phenoxy) is 1. The number of aryl methyl sites for hydroxylation is 1. The quantitative estimate of drug-likeness (QED) is 0.861. The fourth-order valence-electron chi connectivity index (χ4n) is 3.23. The molecule has 0 aromatic heterocycles. The zero-order chi connectivity index (χ0) is 16.9. The second kappa shape index (κ2) is 7.77. The Morgan fingerprint density at radius 1 is 1.29 bits per heavy atom. The molecule has 0 aliphatic carbocycles. The molecule has 2 aliphatic heterocycles. The molecular formula is C18H25N3O3. The molecule has 1 unspecified atom stereocenters. The first kappa shape index (κ1) is 16.9. The summed E-state index contributed by atoms with van der Waals surface area (Å²) in [6, 6.07) is 7.40. The Balaban J connectivity index is 1.48. The Morgan fingerprint density at radius 2 is 2.08 bits per heavy atom. The minimum absolute atomic E-state index is 0.102. The molecule has 2 aliphatic rings. The number of hydrogen-bond acceptors (Lipinski definition) is 4. The fraction of sp³-hybridized carbons (Fsp3) is 0.556. The van der Waals surface area contributed by atoms with Gasteiger partial charge in [-0.2, -0.15) is 0 Å². The van der Waals surface area contributed by atoms with E-state index in [1.165, 1.54) is 0 Å². The Kier molecular flexibility index (Phi) is 5.48. The van der Waals surface area contributed by atoms with Crippen LogP contribution < -0.4 is 5.32 Å². The lowest BCUT2D eigenvalue weighted by molar-refractivity contribution is -0.128. The van der Waals surface area contributed by atoms with Crippen LogP contribution in [0.1, 0.15) is 22.3 Å². The molecule has 0 saturated carbocycles. The highest BCUT2D eigenvalue weighted by Crippen LogP contribution is 2.13. The zero-order valence-electron chi connectivity index (χ0n) is 14.2. The maximum absolute atomic E-state index is 12.3. The van der Waals surface area contributed by atoms with Crippen molar-refractivity contribution < 1.29 is 14.3 Å². The van der Waals surface area contributed by atoms with Crippen LogP contribution in [0.15, 0.2) is 24.3 Å². The average molecular weight is 331 g/mol. The monoisotopic (exact) mass is 331 g/mol. The molecule has 2 saturated heterocycles. The first-order valence-electron chi connectivity index (χ1n) is 8.57. The minimum atomic E-state index is -0.105. The van der Waals surface area contributed by atoms with E-state index in [-0.39, 0.29) is 17.9 Å². The maximum Gasteiger partial charge on any atom is 0.251 e. The highest BCUT2D eigenvalue weighted by molar-refractivity contribution is 5.95. The lowest BCUT2D eigenvalue weighted by Gasteiger charge is -2.28. The molecule has 2 amide bonds. The van der Waals surface area contributed by atoms with E-state index in [0.717, 1.165) is 45.0 Å². The minimum Gasteiger partial charge on any atom is -0.379 e. The number of amides is 2. The van der Waals surface area contributed by atoms with Crippen LogP contribution in [0.4, 0.5) is 0 Å². The van der Waals surface area contributed by atoms with E-state index in [1.807, 2.05) is 30.0 Å². The third-order valence-corrected chi connectivity index (χ3v) is 4.62. The number of carbonyl (C=O) groups excluding carboxylic acids is 2. The third kappa shape index (κ3) is 4.33. The SMILES string of the molecule is Cc1cccc(C(=O)NC2CC(=O)N(CCN3CCOCC3)C2)c1. The summed E-state index contributed by atoms with van der Waals surface area (Å²) < 4.78 is 5.33. The Labute approximate surface area is 142 Å². The van der Waals surface area contributed by atoms with E-state index in [2.05, 4.69) is 10.2 Å². The molecule has 1 aromatic rings. The summed E-state index contributed by atoms with van der Waals surface area (Å²) in [6.07, 6.45) is 0.390. The van der Waals surface area contributed by atoms with Crippen LogP contribution in [0.5, 0.6) is 0 Å². The van der Waals surface area contributed by atoms with Gasteiger partial charge >= 0.3 is 0 Å². The third-order valence-electron chi connectivity index (χ3n) is 4.62. The van der Waals surface area contributed by atoms with Gasteiger partial charge in [-0.15, -0.1) is 0 Å². The van der Waals surface area contributed by atoms with E-state index in [4.69, 9.17) is 4.74 Å². The second-order valence-corrected chi connectivity index (χ2v) is 6.54. The molecule has 1 aromatic carbocycles. The predicted octanol–water partition coefficient (Wildman–Crippen LogP) is 0.658. The summed E-state index contributed by atoms with van der Waals surface area (Å²) in [7, 11) is 0. The molecule has 1 N–H and O–H groups in total. The first-order chi connectivity index (χ1) is 11.6. The molecule has 0 spiro atoms. The van der Waals surface area contributed by atoms with E-state index in [0.29, 0.717) is 18.5 Å². The molecule has 2 heterocycles. The number of morpholine rings is 1. The normalized spacial score (nSPS) is 22.0. The van der Waals surface area contributed by atoms with Gasteiger partial charge in [-0.05, 0) is 19.1 Å². The van der Waals surface area contributed by atoms with Crippen molar-refractivity contribution >= 4 is 11.8 Å². The Hall–Kier alpha value is -1.92. The van der Waals surface area contributed by atoms with E-state index in [1.54, 1.807) is 6.07 Å². The fourth-order valence-corrected chi connectivity index (χ4v) is 3.23. The Morgan fingerprint density at radius 3 is 2.83 bits per heavy atom. The molecule has 3 rings (SSSR count). The van der Waals surface area contributed by atoms with Crippen molar-refractivity contribution in [2.45, 2.75) is 19.4 Å². The molecule has 2 fully saturated rings. The van der Waals surface area contributed by atoms with Gasteiger partial charge in [-0.3, -0.25) is 14.5 Å². The molecule has 6 nitrogen and oxygen atoms in total. The van der Waals surface area contributed by atoms with Crippen molar-refractivity contribution in [1.29, 1.82) is 0 Å². The predicted molar refractivity (Wildman–Crippen MR) is 90.9 cm³/mol. The maximum atomic E-state index is 12.3. The van der Waals surface area contributed by atoms with E-state index in [9.17, 15) is 9.59 Å². The number of rotatable bonds is 5. The largest absolute Gasteiger partial charge is 0.379 e. The van der Waals surface area contributed by atoms with Crippen molar-refractivity contribution in [3.63, 3.8) is 0 Å². The van der Waals surface area contributed by atoms with Gasteiger partial charge in [0.2, 0.25) is 5.91 Å². The lowest BCUT2D eigenvalue weighted by atomic mass is 10.1. The Bertz CT molecular complexity index is 599. The van der Waals surface area contributed by atoms with E-state index >= 15 is 0 Å². The van der Waals surface area contributed by atoms with Gasteiger partial charge in [-0.1, -0.05) is 17.7 Å². The van der Waals surface area contributed by atoms with Gasteiger partial charge in [-0.25, -0.2) is 0 Å². The topological polar surface area (TPSA) is 61.9 Å². The van der Waals surface area contributed by atoms with Crippen molar-refractivity contribution in [2.24, 2.45) is 0 Å². The van der Waals surface area contributed by atoms with Crippen molar-refractivity contribution in [1.82, 2.24) is 15.1 Å². The van der Waals surface area contributed by atoms with Gasteiger partial charge < -0.3 is 15.0 Å². The van der Waals surface area contributed by atoms with Crippen LogP contribution in [-0.4, -0.2) is 73.6 Å². The van der Waals surface area contributed by atoms with Crippen LogP contribution >= 0.6 is 0 Å². The van der Waals surface area contributed by atoms with E-state index < -0.39 is 0 Å². The highest BCUT2D eigenvalue weighted by Gasteiger charge is 2.30. The summed E-state index contributed by atoms with van der Waals surface area (Å²) in [5.74, 6) is 0.0179. The van der Waals surface area contributed by atoms with Crippen LogP contribution in [-0.2, 0) is 9.53 Å².